The fourth-order valence-electron chi connectivity index (χ4n) is 2.80. The second-order valence-corrected chi connectivity index (χ2v) is 5.82. The summed E-state index contributed by atoms with van der Waals surface area (Å²) in [5, 5.41) is 12.4. The average Bonchev–Trinajstić information content (AvgIpc) is 3.24. The third-order valence-corrected chi connectivity index (χ3v) is 4.16. The summed E-state index contributed by atoms with van der Waals surface area (Å²) in [4.78, 5) is 13.7. The third kappa shape index (κ3) is 3.18. The maximum absolute atomic E-state index is 12.2. The number of aromatic nitrogens is 4. The molecule has 0 atom stereocenters. The number of nitrogens with zero attached hydrogens (tertiary/aromatic N) is 5. The van der Waals surface area contributed by atoms with Gasteiger partial charge in [-0.05, 0) is 12.8 Å². The van der Waals surface area contributed by atoms with Gasteiger partial charge in [0.25, 0.3) is 0 Å². The van der Waals surface area contributed by atoms with Gasteiger partial charge in [0, 0.05) is 45.1 Å². The Morgan fingerprint density at radius 1 is 1.41 bits per heavy atom. The zero-order chi connectivity index (χ0) is 15.5. The highest BCUT2D eigenvalue weighted by Crippen LogP contribution is 2.33. The summed E-state index contributed by atoms with van der Waals surface area (Å²) in [6.07, 6.45) is 7.33. The van der Waals surface area contributed by atoms with E-state index in [1.54, 1.807) is 16.6 Å². The monoisotopic (exact) mass is 303 g/mol. The van der Waals surface area contributed by atoms with Gasteiger partial charge in [-0.15, -0.1) is 10.2 Å². The minimum Gasteiger partial charge on any atom is -0.425 e. The van der Waals surface area contributed by atoms with Gasteiger partial charge in [-0.1, -0.05) is 12.8 Å². The van der Waals surface area contributed by atoms with Gasteiger partial charge in [-0.2, -0.15) is 5.10 Å². The van der Waals surface area contributed by atoms with Crippen LogP contribution in [0.5, 0.6) is 0 Å². The van der Waals surface area contributed by atoms with Crippen molar-refractivity contribution in [2.75, 3.05) is 11.9 Å². The van der Waals surface area contributed by atoms with Crippen LogP contribution in [-0.4, -0.2) is 32.9 Å². The number of anilines is 1. The van der Waals surface area contributed by atoms with Crippen molar-refractivity contribution in [3.8, 4) is 0 Å². The molecule has 2 heterocycles. The molecule has 0 saturated heterocycles. The van der Waals surface area contributed by atoms with Crippen molar-refractivity contribution in [3.05, 3.63) is 24.0 Å². The minimum atomic E-state index is -0.0145. The number of carbonyl (C=O) groups is 1. The van der Waals surface area contributed by atoms with E-state index in [2.05, 4.69) is 15.3 Å². The van der Waals surface area contributed by atoms with E-state index in [9.17, 15) is 4.79 Å². The van der Waals surface area contributed by atoms with Crippen molar-refractivity contribution in [2.24, 2.45) is 7.05 Å². The molecule has 1 saturated carbocycles. The summed E-state index contributed by atoms with van der Waals surface area (Å²) in [5.41, 5.74) is 0. The van der Waals surface area contributed by atoms with E-state index in [-0.39, 0.29) is 5.91 Å². The lowest BCUT2D eigenvalue weighted by atomic mass is 10.1. The molecular formula is C15H21N5O2. The molecule has 22 heavy (non-hydrogen) atoms. The molecule has 2 aromatic rings. The van der Waals surface area contributed by atoms with E-state index < -0.39 is 0 Å². The van der Waals surface area contributed by atoms with E-state index in [1.807, 2.05) is 19.3 Å². The van der Waals surface area contributed by atoms with Gasteiger partial charge in [-0.3, -0.25) is 14.4 Å². The van der Waals surface area contributed by atoms with Gasteiger partial charge in [0.2, 0.25) is 17.7 Å². The molecule has 2 aromatic heterocycles. The number of hydrogen-bond acceptors (Lipinski definition) is 5. The summed E-state index contributed by atoms with van der Waals surface area (Å²) < 4.78 is 7.37. The standard InChI is InChI=1S/C15H21N5O2/c1-19-10-9-12(18-19)20(2)14(21)8-7-13-16-17-15(22-13)11-5-3-4-6-11/h9-11H,3-8H2,1-2H3. The van der Waals surface area contributed by atoms with Crippen LogP contribution in [0.3, 0.4) is 0 Å². The van der Waals surface area contributed by atoms with Gasteiger partial charge in [0.05, 0.1) is 0 Å². The number of aryl methyl sites for hydroxylation is 2. The van der Waals surface area contributed by atoms with Gasteiger partial charge in [0.1, 0.15) is 0 Å². The van der Waals surface area contributed by atoms with E-state index in [4.69, 9.17) is 4.42 Å². The van der Waals surface area contributed by atoms with Crippen LogP contribution in [-0.2, 0) is 18.3 Å². The molecular weight excluding hydrogens is 282 g/mol. The smallest absolute Gasteiger partial charge is 0.228 e. The first kappa shape index (κ1) is 14.7. The average molecular weight is 303 g/mol. The summed E-state index contributed by atoms with van der Waals surface area (Å²) in [7, 11) is 3.55. The quantitative estimate of drug-likeness (QED) is 0.845. The van der Waals surface area contributed by atoms with Crippen LogP contribution in [0.2, 0.25) is 0 Å². The molecule has 0 bridgehead atoms. The Bertz CT molecular complexity index is 642. The fraction of sp³-hybridized carbons (Fsp3) is 0.600. The van der Waals surface area contributed by atoms with Crippen LogP contribution in [0.4, 0.5) is 5.82 Å². The van der Waals surface area contributed by atoms with Gasteiger partial charge in [0.15, 0.2) is 5.82 Å². The Labute approximate surface area is 129 Å². The molecule has 0 aromatic carbocycles. The van der Waals surface area contributed by atoms with E-state index >= 15 is 0 Å². The van der Waals surface area contributed by atoms with E-state index in [0.717, 1.165) is 18.7 Å². The predicted octanol–water partition coefficient (Wildman–Crippen LogP) is 2.06. The minimum absolute atomic E-state index is 0.0145. The fourth-order valence-corrected chi connectivity index (χ4v) is 2.80. The van der Waals surface area contributed by atoms with Crippen molar-refractivity contribution >= 4 is 11.7 Å². The molecule has 3 rings (SSSR count). The summed E-state index contributed by atoms with van der Waals surface area (Å²) >= 11 is 0. The van der Waals surface area contributed by atoms with Crippen molar-refractivity contribution < 1.29 is 9.21 Å². The van der Waals surface area contributed by atoms with E-state index in [0.29, 0.717) is 30.5 Å². The summed E-state index contributed by atoms with van der Waals surface area (Å²) in [6.45, 7) is 0. The van der Waals surface area contributed by atoms with Crippen molar-refractivity contribution in [3.63, 3.8) is 0 Å². The first-order valence-electron chi connectivity index (χ1n) is 7.72. The Hall–Kier alpha value is -2.18. The molecule has 0 unspecified atom stereocenters. The van der Waals surface area contributed by atoms with Gasteiger partial charge >= 0.3 is 0 Å². The molecule has 0 N–H and O–H groups in total. The summed E-state index contributed by atoms with van der Waals surface area (Å²) in [6, 6.07) is 1.81. The second-order valence-electron chi connectivity index (χ2n) is 5.82. The Kier molecular flexibility index (Phi) is 4.22. The van der Waals surface area contributed by atoms with Crippen molar-refractivity contribution in [2.45, 2.75) is 44.4 Å². The van der Waals surface area contributed by atoms with Crippen molar-refractivity contribution in [1.82, 2.24) is 20.0 Å². The summed E-state index contributed by atoms with van der Waals surface area (Å²) in [5.74, 6) is 2.32. The Morgan fingerprint density at radius 3 is 2.86 bits per heavy atom. The molecule has 0 aliphatic heterocycles. The molecule has 1 fully saturated rings. The number of carbonyl (C=O) groups excluding carboxylic acids is 1. The predicted molar refractivity (Wildman–Crippen MR) is 80.4 cm³/mol. The Balaban J connectivity index is 1.54. The van der Waals surface area contributed by atoms with Crippen LogP contribution in [0.15, 0.2) is 16.7 Å². The zero-order valence-corrected chi connectivity index (χ0v) is 13.0. The molecule has 1 aliphatic rings. The molecule has 1 aliphatic carbocycles. The zero-order valence-electron chi connectivity index (χ0n) is 13.0. The van der Waals surface area contributed by atoms with Gasteiger partial charge < -0.3 is 4.42 Å². The molecule has 1 amide bonds. The lowest BCUT2D eigenvalue weighted by molar-refractivity contribution is -0.118. The highest BCUT2D eigenvalue weighted by molar-refractivity contribution is 5.91. The lowest BCUT2D eigenvalue weighted by Gasteiger charge is -2.13. The van der Waals surface area contributed by atoms with Crippen LogP contribution >= 0.6 is 0 Å². The van der Waals surface area contributed by atoms with Crippen LogP contribution < -0.4 is 4.90 Å². The van der Waals surface area contributed by atoms with Crippen LogP contribution in [0.25, 0.3) is 0 Å². The third-order valence-electron chi connectivity index (χ3n) is 4.16. The highest BCUT2D eigenvalue weighted by Gasteiger charge is 2.23. The highest BCUT2D eigenvalue weighted by atomic mass is 16.4. The van der Waals surface area contributed by atoms with E-state index in [1.165, 1.54) is 12.8 Å². The topological polar surface area (TPSA) is 77.0 Å². The molecule has 0 spiro atoms. The molecule has 0 radical (unpaired) electrons. The number of hydrogen-bond donors (Lipinski definition) is 0. The van der Waals surface area contributed by atoms with Crippen LogP contribution in [0, 0.1) is 0 Å². The molecule has 118 valence electrons. The number of amides is 1. The maximum Gasteiger partial charge on any atom is 0.228 e. The maximum atomic E-state index is 12.2. The van der Waals surface area contributed by atoms with Crippen molar-refractivity contribution in [1.29, 1.82) is 0 Å². The SMILES string of the molecule is CN(C(=O)CCc1nnc(C2CCCC2)o1)c1ccn(C)n1. The molecule has 7 nitrogen and oxygen atoms in total. The molecule has 7 heteroatoms. The first-order valence-corrected chi connectivity index (χ1v) is 7.72. The lowest BCUT2D eigenvalue weighted by Crippen LogP contribution is -2.27. The Morgan fingerprint density at radius 2 is 2.18 bits per heavy atom. The second kappa shape index (κ2) is 6.29. The van der Waals surface area contributed by atoms with Crippen LogP contribution in [0.1, 0.15) is 49.8 Å². The number of rotatable bonds is 5. The normalized spacial score (nSPS) is 15.4. The first-order chi connectivity index (χ1) is 10.6. The largest absolute Gasteiger partial charge is 0.425 e. The van der Waals surface area contributed by atoms with Gasteiger partial charge in [-0.25, -0.2) is 0 Å².